The van der Waals surface area contributed by atoms with Crippen LogP contribution in [0.5, 0.6) is 5.75 Å². The maximum absolute atomic E-state index is 11.6. The molecule has 134 valence electrons. The number of rotatable bonds is 6. The number of anilines is 2. The SMILES string of the molecule is COc1ccc(Nc2c(C(C)C)cccc2C(C)C)c([N+](=O)[O-])c1Cl. The number of hydrogen-bond donors (Lipinski definition) is 1. The molecule has 0 saturated heterocycles. The van der Waals surface area contributed by atoms with Gasteiger partial charge in [0.05, 0.1) is 12.0 Å². The van der Waals surface area contributed by atoms with Gasteiger partial charge in [0, 0.05) is 5.69 Å². The molecule has 0 saturated carbocycles. The number of benzene rings is 2. The largest absolute Gasteiger partial charge is 0.495 e. The Labute approximate surface area is 153 Å². The average Bonchev–Trinajstić information content (AvgIpc) is 2.54. The van der Waals surface area contributed by atoms with Crippen LogP contribution >= 0.6 is 11.6 Å². The maximum Gasteiger partial charge on any atom is 0.314 e. The molecule has 0 heterocycles. The Bertz CT molecular complexity index is 762. The number of nitrogens with one attached hydrogen (secondary N) is 1. The van der Waals surface area contributed by atoms with Gasteiger partial charge in [-0.05, 0) is 35.1 Å². The summed E-state index contributed by atoms with van der Waals surface area (Å²) in [6, 6.07) is 9.35. The second kappa shape index (κ2) is 7.74. The number of hydrogen-bond acceptors (Lipinski definition) is 4. The minimum atomic E-state index is -0.486. The molecular formula is C19H23ClN2O3. The molecule has 0 amide bonds. The second-order valence-corrected chi connectivity index (χ2v) is 6.86. The zero-order chi connectivity index (χ0) is 18.7. The highest BCUT2D eigenvalue weighted by atomic mass is 35.5. The molecule has 1 N–H and O–H groups in total. The third kappa shape index (κ3) is 3.87. The molecule has 0 radical (unpaired) electrons. The highest BCUT2D eigenvalue weighted by Crippen LogP contribution is 2.43. The first kappa shape index (κ1) is 19.1. The van der Waals surface area contributed by atoms with Crippen LogP contribution in [0.2, 0.25) is 5.02 Å². The smallest absolute Gasteiger partial charge is 0.314 e. The molecule has 0 fully saturated rings. The predicted molar refractivity (Wildman–Crippen MR) is 103 cm³/mol. The number of para-hydroxylation sites is 1. The maximum atomic E-state index is 11.6. The van der Waals surface area contributed by atoms with Crippen LogP contribution in [0.4, 0.5) is 17.1 Å². The van der Waals surface area contributed by atoms with E-state index < -0.39 is 4.92 Å². The van der Waals surface area contributed by atoms with Crippen molar-refractivity contribution in [1.29, 1.82) is 0 Å². The normalized spacial score (nSPS) is 11.0. The standard InChI is InChI=1S/C19H23ClN2O3/c1-11(2)13-7-6-8-14(12(3)4)18(13)21-15-9-10-16(25-5)17(20)19(15)22(23)24/h6-12,21H,1-5H3. The molecule has 2 rings (SSSR count). The van der Waals surface area contributed by atoms with E-state index in [2.05, 4.69) is 33.0 Å². The molecule has 0 bridgehead atoms. The van der Waals surface area contributed by atoms with Crippen molar-refractivity contribution < 1.29 is 9.66 Å². The molecule has 0 aliphatic carbocycles. The molecule has 0 aromatic heterocycles. The molecule has 0 aliphatic heterocycles. The zero-order valence-corrected chi connectivity index (χ0v) is 15.8. The summed E-state index contributed by atoms with van der Waals surface area (Å²) >= 11 is 6.17. The number of halogens is 1. The van der Waals surface area contributed by atoms with Crippen LogP contribution in [0.1, 0.15) is 50.7 Å². The lowest BCUT2D eigenvalue weighted by atomic mass is 9.92. The number of methoxy groups -OCH3 is 1. The summed E-state index contributed by atoms with van der Waals surface area (Å²) < 4.78 is 5.10. The molecule has 25 heavy (non-hydrogen) atoms. The first-order valence-corrected chi connectivity index (χ1v) is 8.56. The highest BCUT2D eigenvalue weighted by Gasteiger charge is 2.24. The Hall–Kier alpha value is -2.27. The Kier molecular flexibility index (Phi) is 5.90. The lowest BCUT2D eigenvalue weighted by Gasteiger charge is -2.21. The first-order valence-electron chi connectivity index (χ1n) is 8.18. The van der Waals surface area contributed by atoms with Gasteiger partial charge in [-0.15, -0.1) is 0 Å². The summed E-state index contributed by atoms with van der Waals surface area (Å²) in [6.07, 6.45) is 0. The summed E-state index contributed by atoms with van der Waals surface area (Å²) in [7, 11) is 1.43. The Morgan fingerprint density at radius 2 is 1.64 bits per heavy atom. The van der Waals surface area contributed by atoms with Gasteiger partial charge in [-0.2, -0.15) is 0 Å². The van der Waals surface area contributed by atoms with Crippen LogP contribution in [-0.2, 0) is 0 Å². The molecular weight excluding hydrogens is 340 g/mol. The van der Waals surface area contributed by atoms with Crippen LogP contribution < -0.4 is 10.1 Å². The number of nitrogens with zero attached hydrogens (tertiary/aromatic N) is 1. The minimum absolute atomic E-state index is 0.00868. The topological polar surface area (TPSA) is 64.4 Å². The zero-order valence-electron chi connectivity index (χ0n) is 15.1. The van der Waals surface area contributed by atoms with Crippen molar-refractivity contribution in [3.8, 4) is 5.75 Å². The van der Waals surface area contributed by atoms with E-state index in [1.165, 1.54) is 7.11 Å². The Morgan fingerprint density at radius 1 is 1.08 bits per heavy atom. The van der Waals surface area contributed by atoms with E-state index in [0.29, 0.717) is 5.69 Å². The summed E-state index contributed by atoms with van der Waals surface area (Å²) in [4.78, 5) is 11.1. The fraction of sp³-hybridized carbons (Fsp3) is 0.368. The number of nitro benzene ring substituents is 1. The van der Waals surface area contributed by atoms with Crippen molar-refractivity contribution >= 4 is 28.7 Å². The monoisotopic (exact) mass is 362 g/mol. The summed E-state index contributed by atoms with van der Waals surface area (Å²) in [5.74, 6) is 0.822. The lowest BCUT2D eigenvalue weighted by Crippen LogP contribution is -2.06. The van der Waals surface area contributed by atoms with Crippen molar-refractivity contribution in [2.45, 2.75) is 39.5 Å². The van der Waals surface area contributed by atoms with Gasteiger partial charge in [0.25, 0.3) is 0 Å². The third-order valence-corrected chi connectivity index (χ3v) is 4.48. The summed E-state index contributed by atoms with van der Waals surface area (Å²) in [5, 5.41) is 14.8. The van der Waals surface area contributed by atoms with Crippen LogP contribution in [0.3, 0.4) is 0 Å². The van der Waals surface area contributed by atoms with Gasteiger partial charge in [0.2, 0.25) is 0 Å². The quantitative estimate of drug-likeness (QED) is 0.487. The van der Waals surface area contributed by atoms with E-state index in [4.69, 9.17) is 16.3 Å². The van der Waals surface area contributed by atoms with Gasteiger partial charge in [0.1, 0.15) is 11.4 Å². The van der Waals surface area contributed by atoms with Gasteiger partial charge in [-0.1, -0.05) is 57.5 Å². The average molecular weight is 363 g/mol. The Morgan fingerprint density at radius 3 is 2.08 bits per heavy atom. The van der Waals surface area contributed by atoms with E-state index in [0.717, 1.165) is 16.8 Å². The van der Waals surface area contributed by atoms with E-state index in [1.54, 1.807) is 12.1 Å². The van der Waals surface area contributed by atoms with E-state index in [9.17, 15) is 10.1 Å². The van der Waals surface area contributed by atoms with E-state index in [-0.39, 0.29) is 28.3 Å². The van der Waals surface area contributed by atoms with Gasteiger partial charge in [-0.25, -0.2) is 0 Å². The van der Waals surface area contributed by atoms with Gasteiger partial charge in [0.15, 0.2) is 5.02 Å². The molecule has 0 spiro atoms. The van der Waals surface area contributed by atoms with Crippen molar-refractivity contribution in [1.82, 2.24) is 0 Å². The van der Waals surface area contributed by atoms with Crippen molar-refractivity contribution in [2.24, 2.45) is 0 Å². The van der Waals surface area contributed by atoms with Gasteiger partial charge in [-0.3, -0.25) is 10.1 Å². The highest BCUT2D eigenvalue weighted by molar-refractivity contribution is 6.34. The fourth-order valence-corrected chi connectivity index (χ4v) is 3.12. The first-order chi connectivity index (χ1) is 11.8. The Balaban J connectivity index is 2.64. The third-order valence-electron chi connectivity index (χ3n) is 4.12. The molecule has 0 unspecified atom stereocenters. The van der Waals surface area contributed by atoms with E-state index in [1.807, 2.05) is 18.2 Å². The van der Waals surface area contributed by atoms with Gasteiger partial charge >= 0.3 is 5.69 Å². The molecule has 6 heteroatoms. The lowest BCUT2D eigenvalue weighted by molar-refractivity contribution is -0.383. The van der Waals surface area contributed by atoms with Gasteiger partial charge < -0.3 is 10.1 Å². The molecule has 2 aromatic carbocycles. The van der Waals surface area contributed by atoms with Crippen molar-refractivity contribution in [2.75, 3.05) is 12.4 Å². The molecule has 2 aromatic rings. The summed E-state index contributed by atoms with van der Waals surface area (Å²) in [5.41, 5.74) is 3.27. The fourth-order valence-electron chi connectivity index (χ4n) is 2.81. The van der Waals surface area contributed by atoms with Crippen LogP contribution in [0.25, 0.3) is 0 Å². The van der Waals surface area contributed by atoms with Crippen LogP contribution in [-0.4, -0.2) is 12.0 Å². The number of ether oxygens (including phenoxy) is 1. The van der Waals surface area contributed by atoms with Crippen LogP contribution in [0.15, 0.2) is 30.3 Å². The number of nitro groups is 1. The molecule has 0 atom stereocenters. The second-order valence-electron chi connectivity index (χ2n) is 6.48. The molecule has 5 nitrogen and oxygen atoms in total. The summed E-state index contributed by atoms with van der Waals surface area (Å²) in [6.45, 7) is 8.39. The van der Waals surface area contributed by atoms with Crippen molar-refractivity contribution in [3.63, 3.8) is 0 Å². The van der Waals surface area contributed by atoms with E-state index >= 15 is 0 Å². The van der Waals surface area contributed by atoms with Crippen LogP contribution in [0, 0.1) is 10.1 Å². The van der Waals surface area contributed by atoms with Crippen molar-refractivity contribution in [3.05, 3.63) is 56.6 Å². The predicted octanol–water partition coefficient (Wildman–Crippen LogP) is 6.25. The minimum Gasteiger partial charge on any atom is -0.495 e. The molecule has 0 aliphatic rings.